The van der Waals surface area contributed by atoms with Crippen LogP contribution in [0.3, 0.4) is 0 Å². The summed E-state index contributed by atoms with van der Waals surface area (Å²) < 4.78 is 7.33. The van der Waals surface area contributed by atoms with Crippen molar-refractivity contribution in [2.75, 3.05) is 26.8 Å². The number of aryl methyl sites for hydroxylation is 1. The lowest BCUT2D eigenvalue weighted by atomic mass is 9.74. The molecule has 1 aliphatic heterocycles. The van der Waals surface area contributed by atoms with Gasteiger partial charge in [0.05, 0.1) is 6.54 Å². The van der Waals surface area contributed by atoms with Crippen LogP contribution < -0.4 is 10.6 Å². The van der Waals surface area contributed by atoms with Gasteiger partial charge in [-0.05, 0) is 24.5 Å². The lowest BCUT2D eigenvalue weighted by Crippen LogP contribution is -2.48. The van der Waals surface area contributed by atoms with Crippen LogP contribution in [0.5, 0.6) is 0 Å². The summed E-state index contributed by atoms with van der Waals surface area (Å²) in [5.74, 6) is 1.57. The number of hydrogen-bond donors (Lipinski definition) is 2. The summed E-state index contributed by atoms with van der Waals surface area (Å²) in [6.07, 6.45) is 3.38. The molecular weight excluding hydrogens is 479 g/mol. The average molecular weight is 505 g/mol. The molecule has 2 aromatic rings. The van der Waals surface area contributed by atoms with E-state index in [1.54, 1.807) is 18.1 Å². The Bertz CT molecular complexity index is 760. The van der Waals surface area contributed by atoms with E-state index in [1.165, 1.54) is 5.56 Å². The van der Waals surface area contributed by atoms with Gasteiger partial charge in [0, 0.05) is 44.3 Å². The Kier molecular flexibility index (Phi) is 8.30. The molecule has 27 heavy (non-hydrogen) atoms. The largest absolute Gasteiger partial charge is 0.381 e. The van der Waals surface area contributed by atoms with Crippen LogP contribution in [0.15, 0.2) is 35.6 Å². The Labute approximate surface area is 182 Å². The highest BCUT2D eigenvalue weighted by Gasteiger charge is 2.36. The first-order chi connectivity index (χ1) is 12.6. The number of guanidine groups is 1. The SMILES string of the molecule is CN=C(NCc1ncnn1C)NCC1(c2ccccc2Cl)CCOCC1.I. The van der Waals surface area contributed by atoms with Gasteiger partial charge in [0.1, 0.15) is 12.2 Å². The molecule has 0 bridgehead atoms. The van der Waals surface area contributed by atoms with Gasteiger partial charge in [0.15, 0.2) is 5.96 Å². The van der Waals surface area contributed by atoms with Gasteiger partial charge in [0.25, 0.3) is 0 Å². The third kappa shape index (κ3) is 5.32. The summed E-state index contributed by atoms with van der Waals surface area (Å²) in [5, 5.41) is 11.6. The summed E-state index contributed by atoms with van der Waals surface area (Å²) >= 11 is 6.51. The molecule has 0 amide bonds. The van der Waals surface area contributed by atoms with Gasteiger partial charge in [-0.1, -0.05) is 29.8 Å². The van der Waals surface area contributed by atoms with Crippen molar-refractivity contribution >= 4 is 41.5 Å². The lowest BCUT2D eigenvalue weighted by molar-refractivity contribution is 0.0514. The average Bonchev–Trinajstić information content (AvgIpc) is 3.08. The van der Waals surface area contributed by atoms with Gasteiger partial charge in [0.2, 0.25) is 0 Å². The fourth-order valence-corrected chi connectivity index (χ4v) is 3.65. The van der Waals surface area contributed by atoms with E-state index in [0.717, 1.165) is 49.4 Å². The number of ether oxygens (including phenoxy) is 1. The summed E-state index contributed by atoms with van der Waals surface area (Å²) in [6, 6.07) is 8.08. The number of benzene rings is 1. The van der Waals surface area contributed by atoms with Crippen molar-refractivity contribution in [2.24, 2.45) is 12.0 Å². The lowest BCUT2D eigenvalue weighted by Gasteiger charge is -2.38. The first-order valence-electron chi connectivity index (χ1n) is 8.75. The summed E-state index contributed by atoms with van der Waals surface area (Å²) in [7, 11) is 3.63. The fraction of sp³-hybridized carbons (Fsp3) is 0.500. The molecule has 1 aliphatic rings. The zero-order valence-electron chi connectivity index (χ0n) is 15.6. The molecule has 1 aromatic carbocycles. The van der Waals surface area contributed by atoms with E-state index in [9.17, 15) is 0 Å². The molecule has 0 spiro atoms. The third-order valence-electron chi connectivity index (χ3n) is 4.93. The first kappa shape index (κ1) is 21.9. The summed E-state index contributed by atoms with van der Waals surface area (Å²) in [6.45, 7) is 2.76. The number of aromatic nitrogens is 3. The molecule has 0 atom stereocenters. The Balaban J connectivity index is 0.00000261. The van der Waals surface area contributed by atoms with Crippen molar-refractivity contribution < 1.29 is 4.74 Å². The zero-order valence-corrected chi connectivity index (χ0v) is 18.7. The molecule has 7 nitrogen and oxygen atoms in total. The maximum Gasteiger partial charge on any atom is 0.191 e. The molecule has 148 valence electrons. The highest BCUT2D eigenvalue weighted by Crippen LogP contribution is 2.38. The predicted octanol–water partition coefficient (Wildman–Crippen LogP) is 2.50. The van der Waals surface area contributed by atoms with E-state index in [2.05, 4.69) is 31.8 Å². The van der Waals surface area contributed by atoms with E-state index < -0.39 is 0 Å². The number of rotatable bonds is 5. The van der Waals surface area contributed by atoms with Gasteiger partial charge < -0.3 is 15.4 Å². The Morgan fingerprint density at radius 1 is 1.30 bits per heavy atom. The van der Waals surface area contributed by atoms with Crippen LogP contribution in [-0.2, 0) is 23.7 Å². The van der Waals surface area contributed by atoms with Crippen molar-refractivity contribution in [3.05, 3.63) is 47.0 Å². The fourth-order valence-electron chi connectivity index (χ4n) is 3.31. The molecule has 2 N–H and O–H groups in total. The molecule has 3 rings (SSSR count). The van der Waals surface area contributed by atoms with E-state index in [1.807, 2.05) is 25.2 Å². The Morgan fingerprint density at radius 3 is 2.67 bits per heavy atom. The van der Waals surface area contributed by atoms with Gasteiger partial charge in [-0.3, -0.25) is 9.67 Å². The molecule has 0 radical (unpaired) electrons. The van der Waals surface area contributed by atoms with Crippen molar-refractivity contribution in [3.63, 3.8) is 0 Å². The predicted molar refractivity (Wildman–Crippen MR) is 118 cm³/mol. The zero-order chi connectivity index (χ0) is 18.4. The molecule has 0 unspecified atom stereocenters. The van der Waals surface area contributed by atoms with Gasteiger partial charge >= 0.3 is 0 Å². The van der Waals surface area contributed by atoms with Crippen molar-refractivity contribution in [3.8, 4) is 0 Å². The minimum Gasteiger partial charge on any atom is -0.381 e. The topological polar surface area (TPSA) is 76.4 Å². The smallest absolute Gasteiger partial charge is 0.191 e. The van der Waals surface area contributed by atoms with Crippen LogP contribution in [0.2, 0.25) is 5.02 Å². The van der Waals surface area contributed by atoms with E-state index >= 15 is 0 Å². The van der Waals surface area contributed by atoms with Crippen molar-refractivity contribution in [1.29, 1.82) is 0 Å². The number of aliphatic imine (C=N–C) groups is 1. The van der Waals surface area contributed by atoms with Crippen LogP contribution in [0.25, 0.3) is 0 Å². The number of halogens is 2. The second-order valence-corrected chi connectivity index (χ2v) is 6.86. The second-order valence-electron chi connectivity index (χ2n) is 6.45. The Hall–Kier alpha value is -1.39. The Morgan fingerprint density at radius 2 is 2.04 bits per heavy atom. The summed E-state index contributed by atoms with van der Waals surface area (Å²) in [4.78, 5) is 8.54. The first-order valence-corrected chi connectivity index (χ1v) is 9.12. The van der Waals surface area contributed by atoms with E-state index in [-0.39, 0.29) is 29.4 Å². The highest BCUT2D eigenvalue weighted by molar-refractivity contribution is 14.0. The molecule has 2 heterocycles. The van der Waals surface area contributed by atoms with Crippen LogP contribution in [-0.4, -0.2) is 47.5 Å². The van der Waals surface area contributed by atoms with Gasteiger partial charge in [-0.15, -0.1) is 24.0 Å². The monoisotopic (exact) mass is 504 g/mol. The number of nitrogens with one attached hydrogen (secondary N) is 2. The third-order valence-corrected chi connectivity index (χ3v) is 5.26. The summed E-state index contributed by atoms with van der Waals surface area (Å²) in [5.41, 5.74) is 1.10. The highest BCUT2D eigenvalue weighted by atomic mass is 127. The maximum absolute atomic E-state index is 6.51. The van der Waals surface area contributed by atoms with Gasteiger partial charge in [-0.25, -0.2) is 4.98 Å². The van der Waals surface area contributed by atoms with Crippen molar-refractivity contribution in [2.45, 2.75) is 24.8 Å². The molecule has 0 aliphatic carbocycles. The van der Waals surface area contributed by atoms with E-state index in [4.69, 9.17) is 16.3 Å². The number of hydrogen-bond acceptors (Lipinski definition) is 4. The van der Waals surface area contributed by atoms with Crippen LogP contribution >= 0.6 is 35.6 Å². The molecule has 1 fully saturated rings. The minimum absolute atomic E-state index is 0. The number of nitrogens with zero attached hydrogens (tertiary/aromatic N) is 4. The molecular formula is C18H26ClIN6O. The molecule has 0 saturated carbocycles. The van der Waals surface area contributed by atoms with Crippen LogP contribution in [0.4, 0.5) is 0 Å². The second kappa shape index (κ2) is 10.2. The van der Waals surface area contributed by atoms with Crippen LogP contribution in [0, 0.1) is 0 Å². The minimum atomic E-state index is -0.0704. The van der Waals surface area contributed by atoms with E-state index in [0.29, 0.717) is 6.54 Å². The molecule has 1 aromatic heterocycles. The normalized spacial score (nSPS) is 16.5. The molecule has 1 saturated heterocycles. The standard InChI is InChI=1S/C18H25ClN6O.HI/c1-20-17(21-11-16-23-13-24-25(16)2)22-12-18(7-9-26-10-8-18)14-5-3-4-6-15(14)19;/h3-6,13H,7-12H2,1-2H3,(H2,20,21,22);1H. The van der Waals surface area contributed by atoms with Crippen molar-refractivity contribution in [1.82, 2.24) is 25.4 Å². The maximum atomic E-state index is 6.51. The quantitative estimate of drug-likeness (QED) is 0.372. The van der Waals surface area contributed by atoms with Crippen LogP contribution in [0.1, 0.15) is 24.2 Å². The van der Waals surface area contributed by atoms with Gasteiger partial charge in [-0.2, -0.15) is 5.10 Å². The molecule has 9 heteroatoms.